The second kappa shape index (κ2) is 5.96. The minimum atomic E-state index is -0.367. The number of Topliss-reactive ketones (excluding diaryl/α,β-unsaturated/α-hetero) is 1. The number of fused-ring (bicyclic) bond motifs is 1. The topological polar surface area (TPSA) is 26.3 Å². The van der Waals surface area contributed by atoms with Crippen molar-refractivity contribution in [2.24, 2.45) is 0 Å². The molecule has 0 fully saturated rings. The Balaban J connectivity index is 2.37. The average Bonchev–Trinajstić information content (AvgIpc) is 2.43. The van der Waals surface area contributed by atoms with Crippen molar-refractivity contribution in [3.63, 3.8) is 0 Å². The molecule has 1 unspecified atom stereocenters. The van der Waals surface area contributed by atoms with Crippen LogP contribution in [0.2, 0.25) is 0 Å². The first-order valence-electron chi connectivity index (χ1n) is 6.89. The van der Waals surface area contributed by atoms with Crippen molar-refractivity contribution in [3.8, 4) is 5.75 Å². The summed E-state index contributed by atoms with van der Waals surface area (Å²) in [6, 6.07) is 6.04. The number of carbonyl (C=O) groups is 1. The summed E-state index contributed by atoms with van der Waals surface area (Å²) in [4.78, 5) is 12.4. The van der Waals surface area contributed by atoms with Crippen molar-refractivity contribution in [2.45, 2.75) is 44.4 Å². The number of ketones is 1. The summed E-state index contributed by atoms with van der Waals surface area (Å²) in [6.07, 6.45) is 4.23. The van der Waals surface area contributed by atoms with Crippen molar-refractivity contribution in [1.29, 1.82) is 0 Å². The largest absolute Gasteiger partial charge is 0.496 e. The Kier molecular flexibility index (Phi) is 4.51. The molecular formula is C16H21ClO2. The lowest BCUT2D eigenvalue weighted by Gasteiger charge is -2.35. The van der Waals surface area contributed by atoms with Crippen molar-refractivity contribution >= 4 is 17.4 Å². The molecule has 1 aliphatic rings. The van der Waals surface area contributed by atoms with E-state index >= 15 is 0 Å². The van der Waals surface area contributed by atoms with Crippen LogP contribution in [-0.4, -0.2) is 18.8 Å². The summed E-state index contributed by atoms with van der Waals surface area (Å²) < 4.78 is 5.43. The Morgan fingerprint density at radius 1 is 1.32 bits per heavy atom. The highest BCUT2D eigenvalue weighted by Crippen LogP contribution is 2.41. The monoisotopic (exact) mass is 280 g/mol. The van der Waals surface area contributed by atoms with Gasteiger partial charge in [0.25, 0.3) is 0 Å². The molecule has 0 aromatic heterocycles. The fraction of sp³-hybridized carbons (Fsp3) is 0.562. The number of carbonyl (C=O) groups excluding carboxylic acids is 1. The highest BCUT2D eigenvalue weighted by molar-refractivity contribution is 6.17. The number of ether oxygens (including phenoxy) is 1. The van der Waals surface area contributed by atoms with E-state index in [1.807, 2.05) is 12.1 Å². The van der Waals surface area contributed by atoms with Crippen LogP contribution in [0.5, 0.6) is 5.75 Å². The SMILES string of the molecule is COc1cccc2c1CCC(=O)C2(C)CCCCCl. The van der Waals surface area contributed by atoms with E-state index in [0.29, 0.717) is 18.1 Å². The van der Waals surface area contributed by atoms with Gasteiger partial charge in [-0.05, 0) is 43.4 Å². The summed E-state index contributed by atoms with van der Waals surface area (Å²) in [7, 11) is 1.69. The van der Waals surface area contributed by atoms with E-state index < -0.39 is 0 Å². The van der Waals surface area contributed by atoms with Gasteiger partial charge >= 0.3 is 0 Å². The number of unbranched alkanes of at least 4 members (excludes halogenated alkanes) is 1. The predicted octanol–water partition coefficient (Wildman–Crippen LogP) is 3.88. The van der Waals surface area contributed by atoms with Crippen LogP contribution in [0.4, 0.5) is 0 Å². The van der Waals surface area contributed by atoms with Crippen LogP contribution >= 0.6 is 11.6 Å². The van der Waals surface area contributed by atoms with Crippen molar-refractivity contribution in [2.75, 3.05) is 13.0 Å². The second-order valence-electron chi connectivity index (χ2n) is 5.39. The van der Waals surface area contributed by atoms with Crippen molar-refractivity contribution < 1.29 is 9.53 Å². The van der Waals surface area contributed by atoms with Gasteiger partial charge in [-0.3, -0.25) is 4.79 Å². The van der Waals surface area contributed by atoms with Gasteiger partial charge in [0.15, 0.2) is 0 Å². The van der Waals surface area contributed by atoms with E-state index in [4.69, 9.17) is 16.3 Å². The number of hydrogen-bond acceptors (Lipinski definition) is 2. The molecule has 0 aliphatic heterocycles. The van der Waals surface area contributed by atoms with E-state index in [1.165, 1.54) is 5.56 Å². The van der Waals surface area contributed by atoms with Gasteiger partial charge in [-0.1, -0.05) is 18.6 Å². The second-order valence-corrected chi connectivity index (χ2v) is 5.77. The molecule has 1 aliphatic carbocycles. The zero-order chi connectivity index (χ0) is 13.9. The first-order chi connectivity index (χ1) is 9.13. The third-order valence-electron chi connectivity index (χ3n) is 4.23. The highest BCUT2D eigenvalue weighted by Gasteiger charge is 2.39. The Labute approximate surface area is 120 Å². The maximum absolute atomic E-state index is 12.4. The molecule has 3 heteroatoms. The maximum Gasteiger partial charge on any atom is 0.143 e. The normalized spacial score (nSPS) is 22.2. The first kappa shape index (κ1) is 14.4. The van der Waals surface area contributed by atoms with E-state index in [1.54, 1.807) is 7.11 Å². The van der Waals surface area contributed by atoms with Gasteiger partial charge in [-0.15, -0.1) is 11.6 Å². The molecule has 104 valence electrons. The molecule has 1 aromatic carbocycles. The minimum Gasteiger partial charge on any atom is -0.496 e. The Morgan fingerprint density at radius 3 is 2.79 bits per heavy atom. The van der Waals surface area contributed by atoms with Gasteiger partial charge in [-0.2, -0.15) is 0 Å². The van der Waals surface area contributed by atoms with Crippen LogP contribution in [0.3, 0.4) is 0 Å². The standard InChI is InChI=1S/C16H21ClO2/c1-16(10-3-4-11-17)13-6-5-7-14(19-2)12(13)8-9-15(16)18/h5-7H,3-4,8-11H2,1-2H3. The molecule has 0 saturated carbocycles. The van der Waals surface area contributed by atoms with E-state index in [-0.39, 0.29) is 5.41 Å². The highest BCUT2D eigenvalue weighted by atomic mass is 35.5. The van der Waals surface area contributed by atoms with Crippen LogP contribution in [0.25, 0.3) is 0 Å². The Bertz CT molecular complexity index is 470. The minimum absolute atomic E-state index is 0.350. The number of rotatable bonds is 5. The maximum atomic E-state index is 12.4. The number of halogens is 1. The molecule has 1 aromatic rings. The molecule has 0 spiro atoms. The summed E-state index contributed by atoms with van der Waals surface area (Å²) in [5.41, 5.74) is 1.99. The van der Waals surface area contributed by atoms with Crippen LogP contribution in [0, 0.1) is 0 Å². The van der Waals surface area contributed by atoms with Crippen LogP contribution in [0.15, 0.2) is 18.2 Å². The molecule has 2 rings (SSSR count). The van der Waals surface area contributed by atoms with Crippen LogP contribution in [0.1, 0.15) is 43.7 Å². The summed E-state index contributed by atoms with van der Waals surface area (Å²) in [6.45, 7) is 2.07. The number of methoxy groups -OCH3 is 1. The quantitative estimate of drug-likeness (QED) is 0.604. The van der Waals surface area contributed by atoms with E-state index in [2.05, 4.69) is 13.0 Å². The van der Waals surface area contributed by atoms with Crippen LogP contribution < -0.4 is 4.74 Å². The summed E-state index contributed by atoms with van der Waals surface area (Å²) in [5.74, 6) is 1.92. The van der Waals surface area contributed by atoms with Gasteiger partial charge in [0.05, 0.1) is 12.5 Å². The third kappa shape index (κ3) is 2.64. The molecular weight excluding hydrogens is 260 g/mol. The van der Waals surface area contributed by atoms with Crippen molar-refractivity contribution in [3.05, 3.63) is 29.3 Å². The fourth-order valence-electron chi connectivity index (χ4n) is 3.04. The summed E-state index contributed by atoms with van der Waals surface area (Å²) in [5, 5.41) is 0. The third-order valence-corrected chi connectivity index (χ3v) is 4.49. The smallest absolute Gasteiger partial charge is 0.143 e. The molecule has 0 saturated heterocycles. The number of hydrogen-bond donors (Lipinski definition) is 0. The van der Waals surface area contributed by atoms with Gasteiger partial charge in [-0.25, -0.2) is 0 Å². The molecule has 0 heterocycles. The van der Waals surface area contributed by atoms with E-state index in [9.17, 15) is 4.79 Å². The lowest BCUT2D eigenvalue weighted by atomic mass is 9.67. The fourth-order valence-corrected chi connectivity index (χ4v) is 3.23. The van der Waals surface area contributed by atoms with Crippen molar-refractivity contribution in [1.82, 2.24) is 0 Å². The van der Waals surface area contributed by atoms with Gasteiger partial charge in [0.2, 0.25) is 0 Å². The van der Waals surface area contributed by atoms with E-state index in [0.717, 1.165) is 37.0 Å². The Hall–Kier alpha value is -1.02. The number of benzene rings is 1. The van der Waals surface area contributed by atoms with Gasteiger partial charge in [0.1, 0.15) is 11.5 Å². The van der Waals surface area contributed by atoms with Crippen LogP contribution in [-0.2, 0) is 16.6 Å². The summed E-state index contributed by atoms with van der Waals surface area (Å²) >= 11 is 5.74. The zero-order valence-electron chi connectivity index (χ0n) is 11.7. The lowest BCUT2D eigenvalue weighted by Crippen LogP contribution is -2.37. The molecule has 2 nitrogen and oxygen atoms in total. The zero-order valence-corrected chi connectivity index (χ0v) is 12.4. The number of alkyl halides is 1. The molecule has 0 radical (unpaired) electrons. The van der Waals surface area contributed by atoms with Gasteiger partial charge < -0.3 is 4.74 Å². The molecule has 0 N–H and O–H groups in total. The first-order valence-corrected chi connectivity index (χ1v) is 7.42. The molecule has 0 amide bonds. The molecule has 19 heavy (non-hydrogen) atoms. The molecule has 1 atom stereocenters. The molecule has 0 bridgehead atoms. The van der Waals surface area contributed by atoms with Gasteiger partial charge in [0, 0.05) is 12.3 Å². The lowest BCUT2D eigenvalue weighted by molar-refractivity contribution is -0.125. The average molecular weight is 281 g/mol. The predicted molar refractivity (Wildman–Crippen MR) is 78.2 cm³/mol. The Morgan fingerprint density at radius 2 is 2.11 bits per heavy atom.